The average Bonchev–Trinajstić information content (AvgIpc) is 2.58. The standard InChI is InChI=1S/C17H24N2O7/c1-6-25-15-7-12(13(19(22)23)8-14(15)24-5)17(21)26-11(4)16(20)18-9-10(2)3/h7-8,10-11H,6,9H2,1-5H3,(H,18,20)/t11-/m1/s1. The van der Waals surface area contributed by atoms with Crippen LogP contribution in [-0.4, -0.2) is 43.2 Å². The van der Waals surface area contributed by atoms with Crippen molar-refractivity contribution < 1.29 is 28.7 Å². The zero-order chi connectivity index (χ0) is 19.9. The number of carbonyl (C=O) groups is 2. The van der Waals surface area contributed by atoms with Crippen LogP contribution in [0.3, 0.4) is 0 Å². The minimum atomic E-state index is -1.10. The van der Waals surface area contributed by atoms with Gasteiger partial charge in [-0.2, -0.15) is 0 Å². The molecule has 0 heterocycles. The van der Waals surface area contributed by atoms with Gasteiger partial charge in [0.2, 0.25) is 0 Å². The molecule has 0 aliphatic carbocycles. The molecular weight excluding hydrogens is 344 g/mol. The van der Waals surface area contributed by atoms with Crippen LogP contribution in [0.15, 0.2) is 12.1 Å². The fourth-order valence-electron chi connectivity index (χ4n) is 2.02. The first-order valence-electron chi connectivity index (χ1n) is 8.19. The van der Waals surface area contributed by atoms with E-state index in [4.69, 9.17) is 14.2 Å². The number of esters is 1. The minimum absolute atomic E-state index is 0.123. The molecule has 0 aromatic heterocycles. The van der Waals surface area contributed by atoms with Gasteiger partial charge in [0, 0.05) is 12.6 Å². The molecule has 26 heavy (non-hydrogen) atoms. The van der Waals surface area contributed by atoms with Crippen LogP contribution in [0.5, 0.6) is 11.5 Å². The number of rotatable bonds is 9. The Balaban J connectivity index is 3.07. The van der Waals surface area contributed by atoms with Gasteiger partial charge in [0.15, 0.2) is 17.6 Å². The van der Waals surface area contributed by atoms with Crippen LogP contribution in [0.25, 0.3) is 0 Å². The number of ether oxygens (including phenoxy) is 3. The van der Waals surface area contributed by atoms with E-state index in [-0.39, 0.29) is 29.6 Å². The summed E-state index contributed by atoms with van der Waals surface area (Å²) in [5.41, 5.74) is -0.812. The molecule has 1 rings (SSSR count). The molecule has 0 saturated carbocycles. The van der Waals surface area contributed by atoms with E-state index < -0.39 is 28.6 Å². The maximum atomic E-state index is 12.4. The molecule has 144 valence electrons. The van der Waals surface area contributed by atoms with Crippen LogP contribution >= 0.6 is 0 Å². The summed E-state index contributed by atoms with van der Waals surface area (Å²) in [6.07, 6.45) is -1.10. The summed E-state index contributed by atoms with van der Waals surface area (Å²) in [6.45, 7) is 7.67. The maximum Gasteiger partial charge on any atom is 0.346 e. The number of benzene rings is 1. The molecule has 0 radical (unpaired) electrons. The number of nitro benzene ring substituents is 1. The number of nitrogens with one attached hydrogen (secondary N) is 1. The third kappa shape index (κ3) is 5.61. The summed E-state index contributed by atoms with van der Waals surface area (Å²) < 4.78 is 15.5. The molecule has 1 N–H and O–H groups in total. The summed E-state index contributed by atoms with van der Waals surface area (Å²) in [6, 6.07) is 2.27. The first-order chi connectivity index (χ1) is 12.2. The van der Waals surface area contributed by atoms with Crippen LogP contribution < -0.4 is 14.8 Å². The lowest BCUT2D eigenvalue weighted by Gasteiger charge is -2.15. The second kappa shape index (κ2) is 9.59. The molecule has 1 atom stereocenters. The Bertz CT molecular complexity index is 673. The van der Waals surface area contributed by atoms with Gasteiger partial charge in [-0.15, -0.1) is 0 Å². The van der Waals surface area contributed by atoms with Gasteiger partial charge in [0.25, 0.3) is 11.6 Å². The molecule has 0 bridgehead atoms. The monoisotopic (exact) mass is 368 g/mol. The number of hydrogen-bond acceptors (Lipinski definition) is 7. The van der Waals surface area contributed by atoms with E-state index in [0.717, 1.165) is 6.07 Å². The van der Waals surface area contributed by atoms with Gasteiger partial charge in [-0.25, -0.2) is 4.79 Å². The lowest BCUT2D eigenvalue weighted by Crippen LogP contribution is -2.37. The van der Waals surface area contributed by atoms with E-state index in [0.29, 0.717) is 6.54 Å². The number of amides is 1. The molecule has 0 aliphatic heterocycles. The highest BCUT2D eigenvalue weighted by Gasteiger charge is 2.28. The molecule has 0 fully saturated rings. The summed E-state index contributed by atoms with van der Waals surface area (Å²) in [5.74, 6) is -0.943. The number of nitrogens with zero attached hydrogens (tertiary/aromatic N) is 1. The van der Waals surface area contributed by atoms with Crippen molar-refractivity contribution >= 4 is 17.6 Å². The van der Waals surface area contributed by atoms with Gasteiger partial charge in [0.05, 0.1) is 24.7 Å². The van der Waals surface area contributed by atoms with Gasteiger partial charge >= 0.3 is 5.97 Å². The predicted molar refractivity (Wildman–Crippen MR) is 93.5 cm³/mol. The van der Waals surface area contributed by atoms with Gasteiger partial charge in [-0.3, -0.25) is 14.9 Å². The molecule has 9 heteroatoms. The summed E-state index contributed by atoms with van der Waals surface area (Å²) >= 11 is 0. The van der Waals surface area contributed by atoms with Crippen molar-refractivity contribution in [3.63, 3.8) is 0 Å². The quantitative estimate of drug-likeness (QED) is 0.404. The van der Waals surface area contributed by atoms with Crippen molar-refractivity contribution in [2.75, 3.05) is 20.3 Å². The van der Waals surface area contributed by atoms with Crippen LogP contribution in [0.1, 0.15) is 38.1 Å². The van der Waals surface area contributed by atoms with E-state index in [1.165, 1.54) is 20.1 Å². The largest absolute Gasteiger partial charge is 0.493 e. The molecule has 9 nitrogen and oxygen atoms in total. The molecule has 0 unspecified atom stereocenters. The molecule has 1 aromatic carbocycles. The first-order valence-corrected chi connectivity index (χ1v) is 8.19. The van der Waals surface area contributed by atoms with Gasteiger partial charge in [-0.1, -0.05) is 13.8 Å². The summed E-state index contributed by atoms with van der Waals surface area (Å²) in [5, 5.41) is 13.9. The normalized spacial score (nSPS) is 11.6. The maximum absolute atomic E-state index is 12.4. The Labute approximate surface area is 151 Å². The third-order valence-electron chi connectivity index (χ3n) is 3.34. The highest BCUT2D eigenvalue weighted by Crippen LogP contribution is 2.35. The first kappa shape index (κ1) is 21.2. The number of nitro groups is 1. The van der Waals surface area contributed by atoms with E-state index in [2.05, 4.69) is 5.32 Å². The van der Waals surface area contributed by atoms with Crippen molar-refractivity contribution in [3.8, 4) is 11.5 Å². The number of methoxy groups -OCH3 is 1. The number of hydrogen-bond donors (Lipinski definition) is 1. The zero-order valence-corrected chi connectivity index (χ0v) is 15.5. The lowest BCUT2D eigenvalue weighted by atomic mass is 10.1. The molecule has 0 saturated heterocycles. The van der Waals surface area contributed by atoms with E-state index in [9.17, 15) is 19.7 Å². The fraction of sp³-hybridized carbons (Fsp3) is 0.529. The van der Waals surface area contributed by atoms with Crippen LogP contribution in [-0.2, 0) is 9.53 Å². The Morgan fingerprint density at radius 1 is 1.23 bits per heavy atom. The van der Waals surface area contributed by atoms with Crippen molar-refractivity contribution in [1.29, 1.82) is 0 Å². The highest BCUT2D eigenvalue weighted by molar-refractivity contribution is 5.96. The van der Waals surface area contributed by atoms with Crippen molar-refractivity contribution in [3.05, 3.63) is 27.8 Å². The van der Waals surface area contributed by atoms with E-state index in [1.807, 2.05) is 13.8 Å². The molecule has 1 amide bonds. The van der Waals surface area contributed by atoms with E-state index in [1.54, 1.807) is 6.92 Å². The molecular formula is C17H24N2O7. The molecule has 0 aliphatic rings. The predicted octanol–water partition coefficient (Wildman–Crippen LogP) is 2.32. The average molecular weight is 368 g/mol. The second-order valence-corrected chi connectivity index (χ2v) is 5.90. The smallest absolute Gasteiger partial charge is 0.346 e. The Hall–Kier alpha value is -2.84. The SMILES string of the molecule is CCOc1cc(C(=O)O[C@H](C)C(=O)NCC(C)C)c([N+](=O)[O-])cc1OC. The number of carbonyl (C=O) groups excluding carboxylic acids is 2. The Morgan fingerprint density at radius 3 is 2.38 bits per heavy atom. The van der Waals surface area contributed by atoms with Crippen LogP contribution in [0.2, 0.25) is 0 Å². The van der Waals surface area contributed by atoms with Gasteiger partial charge < -0.3 is 19.5 Å². The third-order valence-corrected chi connectivity index (χ3v) is 3.34. The lowest BCUT2D eigenvalue weighted by molar-refractivity contribution is -0.385. The van der Waals surface area contributed by atoms with Crippen LogP contribution in [0.4, 0.5) is 5.69 Å². The van der Waals surface area contributed by atoms with Crippen molar-refractivity contribution in [2.45, 2.75) is 33.8 Å². The molecule has 0 spiro atoms. The van der Waals surface area contributed by atoms with Crippen molar-refractivity contribution in [1.82, 2.24) is 5.32 Å². The van der Waals surface area contributed by atoms with Crippen LogP contribution in [0, 0.1) is 16.0 Å². The minimum Gasteiger partial charge on any atom is -0.493 e. The van der Waals surface area contributed by atoms with Gasteiger partial charge in [-0.05, 0) is 19.8 Å². The molecule has 1 aromatic rings. The van der Waals surface area contributed by atoms with E-state index >= 15 is 0 Å². The van der Waals surface area contributed by atoms with Gasteiger partial charge in [0.1, 0.15) is 5.56 Å². The topological polar surface area (TPSA) is 117 Å². The fourth-order valence-corrected chi connectivity index (χ4v) is 2.02. The Kier molecular flexibility index (Phi) is 7.82. The summed E-state index contributed by atoms with van der Waals surface area (Å²) in [7, 11) is 1.33. The highest BCUT2D eigenvalue weighted by atomic mass is 16.6. The van der Waals surface area contributed by atoms with Crippen molar-refractivity contribution in [2.24, 2.45) is 5.92 Å². The zero-order valence-electron chi connectivity index (χ0n) is 15.5. The Morgan fingerprint density at radius 2 is 1.88 bits per heavy atom. The summed E-state index contributed by atoms with van der Waals surface area (Å²) in [4.78, 5) is 34.9. The second-order valence-electron chi connectivity index (χ2n) is 5.90.